The molecule has 0 saturated heterocycles. The van der Waals surface area contributed by atoms with Gasteiger partial charge in [0.15, 0.2) is 11.5 Å². The molecule has 0 radical (unpaired) electrons. The lowest BCUT2D eigenvalue weighted by molar-refractivity contribution is -0.146. The van der Waals surface area contributed by atoms with E-state index in [2.05, 4.69) is 0 Å². The second-order valence-electron chi connectivity index (χ2n) is 4.90. The van der Waals surface area contributed by atoms with E-state index in [0.29, 0.717) is 28.9 Å². The Labute approximate surface area is 112 Å². The second-order valence-corrected chi connectivity index (χ2v) is 4.90. The van der Waals surface area contributed by atoms with Gasteiger partial charge >= 0.3 is 5.97 Å². The molecule has 0 saturated carbocycles. The molecule has 0 aromatic heterocycles. The Balaban J connectivity index is 3.32. The van der Waals surface area contributed by atoms with Crippen LogP contribution in [0.1, 0.15) is 29.8 Å². The van der Waals surface area contributed by atoms with Crippen LogP contribution in [-0.2, 0) is 11.2 Å². The number of rotatable bonds is 6. The first-order chi connectivity index (χ1) is 8.85. The van der Waals surface area contributed by atoms with Gasteiger partial charge in [0, 0.05) is 5.56 Å². The first kappa shape index (κ1) is 15.0. The predicted molar refractivity (Wildman–Crippen MR) is 70.1 cm³/mol. The van der Waals surface area contributed by atoms with E-state index in [-0.39, 0.29) is 6.42 Å². The highest BCUT2D eigenvalue weighted by Gasteiger charge is 2.29. The number of ether oxygens (including phenoxy) is 2. The van der Waals surface area contributed by atoms with Crippen LogP contribution >= 0.6 is 0 Å². The summed E-state index contributed by atoms with van der Waals surface area (Å²) in [6.45, 7) is 3.24. The third kappa shape index (κ3) is 3.24. The summed E-state index contributed by atoms with van der Waals surface area (Å²) in [5.74, 6) is -0.0317. The molecule has 0 atom stereocenters. The molecule has 104 valence electrons. The fourth-order valence-electron chi connectivity index (χ4n) is 1.82. The number of aliphatic carboxylic acids is 1. The van der Waals surface area contributed by atoms with Crippen LogP contribution in [0.2, 0.25) is 0 Å². The number of hydrogen-bond donors (Lipinski definition) is 1. The molecule has 1 N–H and O–H groups in total. The van der Waals surface area contributed by atoms with Crippen molar-refractivity contribution < 1.29 is 24.2 Å². The minimum Gasteiger partial charge on any atom is -0.493 e. The molecule has 19 heavy (non-hydrogen) atoms. The Morgan fingerprint density at radius 2 is 1.95 bits per heavy atom. The molecule has 1 aromatic rings. The molecule has 0 unspecified atom stereocenters. The third-order valence-electron chi connectivity index (χ3n) is 2.93. The molecule has 1 rings (SSSR count). The lowest BCUT2D eigenvalue weighted by Crippen LogP contribution is -2.26. The molecule has 5 heteroatoms. The Hall–Kier alpha value is -2.04. The fourth-order valence-corrected chi connectivity index (χ4v) is 1.82. The normalized spacial score (nSPS) is 10.9. The van der Waals surface area contributed by atoms with E-state index in [1.165, 1.54) is 14.2 Å². The third-order valence-corrected chi connectivity index (χ3v) is 2.93. The average Bonchev–Trinajstić information content (AvgIpc) is 2.36. The molecule has 0 heterocycles. The fraction of sp³-hybridized carbons (Fsp3) is 0.429. The molecule has 0 fully saturated rings. The molecule has 0 spiro atoms. The van der Waals surface area contributed by atoms with E-state index in [4.69, 9.17) is 9.47 Å². The quantitative estimate of drug-likeness (QED) is 0.799. The van der Waals surface area contributed by atoms with Crippen LogP contribution < -0.4 is 9.47 Å². The first-order valence-electron chi connectivity index (χ1n) is 5.79. The Bertz CT molecular complexity index is 491. The molecule has 0 aliphatic carbocycles. The number of carboxylic acid groups (broad SMARTS) is 1. The van der Waals surface area contributed by atoms with Gasteiger partial charge in [0.1, 0.15) is 6.29 Å². The maximum Gasteiger partial charge on any atom is 0.309 e. The number of hydrogen-bond acceptors (Lipinski definition) is 4. The number of carbonyl (C=O) groups excluding carboxylic acids is 1. The summed E-state index contributed by atoms with van der Waals surface area (Å²) in [6.07, 6.45) is 0.933. The van der Waals surface area contributed by atoms with E-state index in [1.807, 2.05) is 0 Å². The van der Waals surface area contributed by atoms with Crippen LogP contribution in [0.25, 0.3) is 0 Å². The lowest BCUT2D eigenvalue weighted by Gasteiger charge is -2.21. The zero-order valence-corrected chi connectivity index (χ0v) is 11.5. The van der Waals surface area contributed by atoms with E-state index >= 15 is 0 Å². The van der Waals surface area contributed by atoms with Gasteiger partial charge in [0.05, 0.1) is 19.6 Å². The number of carboxylic acids is 1. The Kier molecular flexibility index (Phi) is 4.53. The van der Waals surface area contributed by atoms with Crippen LogP contribution in [0.15, 0.2) is 12.1 Å². The van der Waals surface area contributed by atoms with Gasteiger partial charge in [-0.05, 0) is 38.0 Å². The van der Waals surface area contributed by atoms with Gasteiger partial charge in [-0.25, -0.2) is 0 Å². The van der Waals surface area contributed by atoms with Crippen LogP contribution in [0.5, 0.6) is 11.5 Å². The van der Waals surface area contributed by atoms with Crippen molar-refractivity contribution in [3.63, 3.8) is 0 Å². The smallest absolute Gasteiger partial charge is 0.309 e. The molecule has 0 bridgehead atoms. The molecule has 0 amide bonds. The summed E-state index contributed by atoms with van der Waals surface area (Å²) in [4.78, 5) is 22.1. The molecular formula is C14H18O5. The van der Waals surface area contributed by atoms with E-state index in [0.717, 1.165) is 0 Å². The number of benzene rings is 1. The van der Waals surface area contributed by atoms with Gasteiger partial charge in [-0.2, -0.15) is 0 Å². The molecular weight excluding hydrogens is 248 g/mol. The number of methoxy groups -OCH3 is 2. The van der Waals surface area contributed by atoms with Gasteiger partial charge in [-0.3, -0.25) is 9.59 Å². The minimum atomic E-state index is -0.959. The molecule has 0 aliphatic heterocycles. The molecule has 1 aromatic carbocycles. The largest absolute Gasteiger partial charge is 0.493 e. The summed E-state index contributed by atoms with van der Waals surface area (Å²) in [5.41, 5.74) is 0.102. The predicted octanol–water partition coefficient (Wildman–Crippen LogP) is 2.17. The highest BCUT2D eigenvalue weighted by Crippen LogP contribution is 2.36. The van der Waals surface area contributed by atoms with Crippen molar-refractivity contribution >= 4 is 12.3 Å². The SMILES string of the molecule is COc1cc(C=O)cc(CC(C)(C)C(=O)O)c1OC. The number of carbonyl (C=O) groups is 2. The molecule has 5 nitrogen and oxygen atoms in total. The Morgan fingerprint density at radius 1 is 1.32 bits per heavy atom. The van der Waals surface area contributed by atoms with Gasteiger partial charge in [-0.15, -0.1) is 0 Å². The van der Waals surface area contributed by atoms with Gasteiger partial charge < -0.3 is 14.6 Å². The van der Waals surface area contributed by atoms with Crippen molar-refractivity contribution in [2.75, 3.05) is 14.2 Å². The van der Waals surface area contributed by atoms with Crippen molar-refractivity contribution in [1.29, 1.82) is 0 Å². The summed E-state index contributed by atoms with van der Waals surface area (Å²) in [6, 6.07) is 3.18. The van der Waals surface area contributed by atoms with Crippen molar-refractivity contribution in [2.45, 2.75) is 20.3 Å². The zero-order chi connectivity index (χ0) is 14.6. The minimum absolute atomic E-state index is 0.240. The second kappa shape index (κ2) is 5.73. The maximum absolute atomic E-state index is 11.2. The van der Waals surface area contributed by atoms with Crippen LogP contribution in [0, 0.1) is 5.41 Å². The topological polar surface area (TPSA) is 72.8 Å². The standard InChI is InChI=1S/C14H18O5/c1-14(2,13(16)17)7-10-5-9(8-15)6-11(18-3)12(10)19-4/h5-6,8H,7H2,1-4H3,(H,16,17). The van der Waals surface area contributed by atoms with Crippen LogP contribution in [-0.4, -0.2) is 31.6 Å². The van der Waals surface area contributed by atoms with E-state index in [1.54, 1.807) is 26.0 Å². The summed E-state index contributed by atoms with van der Waals surface area (Å²) < 4.78 is 10.4. The average molecular weight is 266 g/mol. The number of aldehydes is 1. The maximum atomic E-state index is 11.2. The Morgan fingerprint density at radius 3 is 2.37 bits per heavy atom. The van der Waals surface area contributed by atoms with E-state index in [9.17, 15) is 14.7 Å². The van der Waals surface area contributed by atoms with Crippen molar-refractivity contribution in [2.24, 2.45) is 5.41 Å². The lowest BCUT2D eigenvalue weighted by atomic mass is 9.85. The summed E-state index contributed by atoms with van der Waals surface area (Å²) in [7, 11) is 2.95. The van der Waals surface area contributed by atoms with Crippen LogP contribution in [0.4, 0.5) is 0 Å². The van der Waals surface area contributed by atoms with Crippen molar-refractivity contribution in [3.05, 3.63) is 23.3 Å². The van der Waals surface area contributed by atoms with E-state index < -0.39 is 11.4 Å². The zero-order valence-electron chi connectivity index (χ0n) is 11.5. The summed E-state index contributed by atoms with van der Waals surface area (Å²) in [5, 5.41) is 9.18. The molecule has 0 aliphatic rings. The van der Waals surface area contributed by atoms with Gasteiger partial charge in [0.2, 0.25) is 0 Å². The summed E-state index contributed by atoms with van der Waals surface area (Å²) >= 11 is 0. The highest BCUT2D eigenvalue weighted by molar-refractivity contribution is 5.78. The van der Waals surface area contributed by atoms with Crippen molar-refractivity contribution in [3.8, 4) is 11.5 Å². The van der Waals surface area contributed by atoms with Crippen LogP contribution in [0.3, 0.4) is 0 Å². The highest BCUT2D eigenvalue weighted by atomic mass is 16.5. The monoisotopic (exact) mass is 266 g/mol. The van der Waals surface area contributed by atoms with Crippen molar-refractivity contribution in [1.82, 2.24) is 0 Å². The first-order valence-corrected chi connectivity index (χ1v) is 5.79. The van der Waals surface area contributed by atoms with Gasteiger partial charge in [0.25, 0.3) is 0 Å². The van der Waals surface area contributed by atoms with Gasteiger partial charge in [-0.1, -0.05) is 0 Å².